The van der Waals surface area contributed by atoms with Gasteiger partial charge in [-0.25, -0.2) is 4.98 Å². The Morgan fingerprint density at radius 1 is 1.28 bits per heavy atom. The van der Waals surface area contributed by atoms with Crippen molar-refractivity contribution in [1.82, 2.24) is 9.97 Å². The normalized spacial score (nSPS) is 10.4. The minimum atomic E-state index is -0.145. The van der Waals surface area contributed by atoms with Gasteiger partial charge in [0.05, 0.1) is 11.1 Å². The number of anilines is 1. The summed E-state index contributed by atoms with van der Waals surface area (Å²) in [7, 11) is 3.65. The van der Waals surface area contributed by atoms with Crippen molar-refractivity contribution in [3.8, 4) is 0 Å². The summed E-state index contributed by atoms with van der Waals surface area (Å²) in [4.78, 5) is 22.0. The molecule has 0 aliphatic rings. The SMILES string of the molecule is CN(C)c1ncc(Sc2ccc(Cl)cc2)c(=O)[nH]1. The molecule has 0 fully saturated rings. The van der Waals surface area contributed by atoms with E-state index in [1.807, 2.05) is 26.2 Å². The first kappa shape index (κ1) is 13.0. The number of benzene rings is 1. The Morgan fingerprint density at radius 2 is 1.94 bits per heavy atom. The number of nitrogens with zero attached hydrogens (tertiary/aromatic N) is 2. The van der Waals surface area contributed by atoms with E-state index in [9.17, 15) is 4.79 Å². The lowest BCUT2D eigenvalue weighted by atomic mass is 10.4. The summed E-state index contributed by atoms with van der Waals surface area (Å²) < 4.78 is 0. The van der Waals surface area contributed by atoms with Crippen LogP contribution >= 0.6 is 23.4 Å². The lowest BCUT2D eigenvalue weighted by Crippen LogP contribution is -2.19. The van der Waals surface area contributed by atoms with Crippen LogP contribution in [0.15, 0.2) is 45.0 Å². The zero-order valence-corrected chi connectivity index (χ0v) is 11.5. The van der Waals surface area contributed by atoms with Crippen molar-refractivity contribution >= 4 is 29.3 Å². The lowest BCUT2D eigenvalue weighted by molar-refractivity contribution is 0.949. The maximum absolute atomic E-state index is 11.8. The molecular weight excluding hydrogens is 270 g/mol. The topological polar surface area (TPSA) is 49.0 Å². The maximum atomic E-state index is 11.8. The average molecular weight is 282 g/mol. The largest absolute Gasteiger partial charge is 0.348 e. The molecule has 18 heavy (non-hydrogen) atoms. The molecule has 6 heteroatoms. The lowest BCUT2D eigenvalue weighted by Gasteiger charge is -2.10. The standard InChI is InChI=1S/C12H12ClN3OS/c1-16(2)12-14-7-10(11(17)15-12)18-9-5-3-8(13)4-6-9/h3-7H,1-2H3,(H,14,15,17). The summed E-state index contributed by atoms with van der Waals surface area (Å²) in [6, 6.07) is 7.32. The molecule has 2 rings (SSSR count). The Balaban J connectivity index is 2.25. The number of nitrogens with one attached hydrogen (secondary N) is 1. The Bertz CT molecular complexity index is 595. The molecule has 94 valence electrons. The van der Waals surface area contributed by atoms with Gasteiger partial charge in [-0.1, -0.05) is 23.4 Å². The van der Waals surface area contributed by atoms with Crippen LogP contribution in [0.3, 0.4) is 0 Å². The first-order valence-electron chi connectivity index (χ1n) is 5.26. The molecule has 1 heterocycles. The molecule has 0 bridgehead atoms. The maximum Gasteiger partial charge on any atom is 0.266 e. The molecule has 0 amide bonds. The van der Waals surface area contributed by atoms with Crippen molar-refractivity contribution in [2.75, 3.05) is 19.0 Å². The Hall–Kier alpha value is -1.46. The highest BCUT2D eigenvalue weighted by Gasteiger charge is 2.05. The number of aromatic nitrogens is 2. The van der Waals surface area contributed by atoms with E-state index in [1.54, 1.807) is 23.2 Å². The third kappa shape index (κ3) is 3.05. The highest BCUT2D eigenvalue weighted by molar-refractivity contribution is 7.99. The van der Waals surface area contributed by atoms with Crippen molar-refractivity contribution in [2.24, 2.45) is 0 Å². The van der Waals surface area contributed by atoms with Gasteiger partial charge in [-0.15, -0.1) is 0 Å². The van der Waals surface area contributed by atoms with Crippen LogP contribution in [0.5, 0.6) is 0 Å². The van der Waals surface area contributed by atoms with E-state index in [4.69, 9.17) is 11.6 Å². The zero-order valence-electron chi connectivity index (χ0n) is 9.98. The molecule has 0 aliphatic carbocycles. The first-order valence-corrected chi connectivity index (χ1v) is 6.46. The molecule has 1 N–H and O–H groups in total. The van der Waals surface area contributed by atoms with Crippen LogP contribution in [0.1, 0.15) is 0 Å². The van der Waals surface area contributed by atoms with Crippen molar-refractivity contribution < 1.29 is 0 Å². The van der Waals surface area contributed by atoms with Crippen LogP contribution in [0.4, 0.5) is 5.95 Å². The van der Waals surface area contributed by atoms with Gasteiger partial charge in [0.2, 0.25) is 5.95 Å². The van der Waals surface area contributed by atoms with Gasteiger partial charge in [-0.2, -0.15) is 0 Å². The number of hydrogen-bond donors (Lipinski definition) is 1. The molecule has 1 aromatic heterocycles. The highest BCUT2D eigenvalue weighted by atomic mass is 35.5. The van der Waals surface area contributed by atoms with E-state index in [0.717, 1.165) is 4.90 Å². The van der Waals surface area contributed by atoms with Gasteiger partial charge in [0, 0.05) is 24.0 Å². The Kier molecular flexibility index (Phi) is 3.93. The van der Waals surface area contributed by atoms with Gasteiger partial charge < -0.3 is 4.90 Å². The predicted octanol–water partition coefficient (Wildman–Crippen LogP) is 2.64. The fraction of sp³-hybridized carbons (Fsp3) is 0.167. The summed E-state index contributed by atoms with van der Waals surface area (Å²) in [6.07, 6.45) is 1.58. The minimum absolute atomic E-state index is 0.145. The summed E-state index contributed by atoms with van der Waals surface area (Å²) in [5.41, 5.74) is -0.145. The van der Waals surface area contributed by atoms with Crippen molar-refractivity contribution in [2.45, 2.75) is 9.79 Å². The second kappa shape index (κ2) is 5.46. The van der Waals surface area contributed by atoms with E-state index in [0.29, 0.717) is 15.9 Å². The van der Waals surface area contributed by atoms with E-state index >= 15 is 0 Å². The molecule has 2 aromatic rings. The molecule has 0 saturated carbocycles. The molecule has 0 saturated heterocycles. The Labute approximate surface area is 114 Å². The third-order valence-corrected chi connectivity index (χ3v) is 3.49. The zero-order chi connectivity index (χ0) is 13.1. The van der Waals surface area contributed by atoms with Crippen LogP contribution in [-0.4, -0.2) is 24.1 Å². The molecule has 0 spiro atoms. The van der Waals surface area contributed by atoms with Crippen molar-refractivity contribution in [3.63, 3.8) is 0 Å². The van der Waals surface area contributed by atoms with E-state index < -0.39 is 0 Å². The van der Waals surface area contributed by atoms with Crippen LogP contribution in [-0.2, 0) is 0 Å². The monoisotopic (exact) mass is 281 g/mol. The number of H-pyrrole nitrogens is 1. The van der Waals surface area contributed by atoms with Crippen LogP contribution in [0.2, 0.25) is 5.02 Å². The minimum Gasteiger partial charge on any atom is -0.348 e. The molecule has 0 unspecified atom stereocenters. The van der Waals surface area contributed by atoms with Crippen LogP contribution in [0.25, 0.3) is 0 Å². The van der Waals surface area contributed by atoms with Gasteiger partial charge in [0.25, 0.3) is 5.56 Å². The van der Waals surface area contributed by atoms with Gasteiger partial charge in [0.15, 0.2) is 0 Å². The summed E-state index contributed by atoms with van der Waals surface area (Å²) in [5, 5.41) is 0.675. The van der Waals surface area contributed by atoms with E-state index in [1.165, 1.54) is 11.8 Å². The van der Waals surface area contributed by atoms with Crippen LogP contribution < -0.4 is 10.5 Å². The van der Waals surface area contributed by atoms with Gasteiger partial charge >= 0.3 is 0 Å². The number of halogens is 1. The second-order valence-electron chi connectivity index (χ2n) is 3.85. The predicted molar refractivity (Wildman–Crippen MR) is 74.8 cm³/mol. The number of rotatable bonds is 3. The second-order valence-corrected chi connectivity index (χ2v) is 5.40. The first-order chi connectivity index (χ1) is 8.56. The van der Waals surface area contributed by atoms with Crippen molar-refractivity contribution in [1.29, 1.82) is 0 Å². The molecular formula is C12H12ClN3OS. The van der Waals surface area contributed by atoms with Crippen LogP contribution in [0, 0.1) is 0 Å². The number of hydrogen-bond acceptors (Lipinski definition) is 4. The van der Waals surface area contributed by atoms with Crippen molar-refractivity contribution in [3.05, 3.63) is 45.8 Å². The Morgan fingerprint density at radius 3 is 2.50 bits per heavy atom. The fourth-order valence-corrected chi connectivity index (χ4v) is 2.20. The molecule has 4 nitrogen and oxygen atoms in total. The fourth-order valence-electron chi connectivity index (χ4n) is 1.30. The summed E-state index contributed by atoms with van der Waals surface area (Å²) >= 11 is 7.17. The average Bonchev–Trinajstić information content (AvgIpc) is 2.34. The van der Waals surface area contributed by atoms with E-state index in [-0.39, 0.29) is 5.56 Å². The smallest absolute Gasteiger partial charge is 0.266 e. The van der Waals surface area contributed by atoms with Gasteiger partial charge in [0.1, 0.15) is 0 Å². The van der Waals surface area contributed by atoms with Gasteiger partial charge in [-0.3, -0.25) is 9.78 Å². The molecule has 0 radical (unpaired) electrons. The summed E-state index contributed by atoms with van der Waals surface area (Å²) in [5.74, 6) is 0.542. The summed E-state index contributed by atoms with van der Waals surface area (Å²) in [6.45, 7) is 0. The highest BCUT2D eigenvalue weighted by Crippen LogP contribution is 2.25. The quantitative estimate of drug-likeness (QED) is 0.940. The molecule has 0 atom stereocenters. The number of aromatic amines is 1. The van der Waals surface area contributed by atoms with E-state index in [2.05, 4.69) is 9.97 Å². The van der Waals surface area contributed by atoms with Gasteiger partial charge in [-0.05, 0) is 24.3 Å². The molecule has 0 aliphatic heterocycles. The molecule has 1 aromatic carbocycles. The third-order valence-electron chi connectivity index (χ3n) is 2.22.